The first-order valence-corrected chi connectivity index (χ1v) is 12.1. The molecule has 0 aromatic heterocycles. The largest absolute Gasteiger partial charge is 0.444 e. The minimum atomic E-state index is -0.505. The summed E-state index contributed by atoms with van der Waals surface area (Å²) in [6, 6.07) is 16.7. The molecule has 0 aliphatic rings. The van der Waals surface area contributed by atoms with E-state index < -0.39 is 23.4 Å². The Morgan fingerprint density at radius 1 is 0.771 bits per heavy atom. The van der Waals surface area contributed by atoms with Crippen molar-refractivity contribution in [2.45, 2.75) is 78.7 Å². The number of nitriles is 1. The highest BCUT2D eigenvalue weighted by molar-refractivity contribution is 9.10. The van der Waals surface area contributed by atoms with Crippen LogP contribution in [-0.4, -0.2) is 23.4 Å². The lowest BCUT2D eigenvalue weighted by Gasteiger charge is -2.22. The van der Waals surface area contributed by atoms with Crippen molar-refractivity contribution in [3.05, 3.63) is 69.7 Å². The van der Waals surface area contributed by atoms with Gasteiger partial charge in [-0.3, -0.25) is 0 Å². The van der Waals surface area contributed by atoms with Crippen LogP contribution in [0.2, 0.25) is 0 Å². The summed E-state index contributed by atoms with van der Waals surface area (Å²) >= 11 is 3.37. The van der Waals surface area contributed by atoms with Crippen LogP contribution in [0.25, 0.3) is 0 Å². The SMILES string of the molecule is C[C@H](NC(=O)OC(C)(C)C)c1ccc(Br)cc1.C[C@H](NC(=O)OC(C)(C)C)c1ccc(C#N)cc1. The Morgan fingerprint density at radius 3 is 1.43 bits per heavy atom. The quantitative estimate of drug-likeness (QED) is 0.423. The summed E-state index contributed by atoms with van der Waals surface area (Å²) in [6.07, 6.45) is -0.840. The lowest BCUT2D eigenvalue weighted by atomic mass is 10.1. The second-order valence-corrected chi connectivity index (χ2v) is 10.9. The molecule has 7 nitrogen and oxygen atoms in total. The molecule has 0 bridgehead atoms. The molecule has 0 fully saturated rings. The molecule has 0 radical (unpaired) electrons. The standard InChI is InChI=1S/C14H18N2O2.C13H18BrNO2/c1-10(16-13(17)18-14(2,3)4)12-7-5-11(9-15)6-8-12;1-9(10-5-7-11(14)8-6-10)15-12(16)17-13(2,3)4/h5-8,10H,1-4H3,(H,16,17);5-9H,1-4H3,(H,15,16)/t10-;9-/m00/s1. The van der Waals surface area contributed by atoms with E-state index in [1.807, 2.05) is 91.8 Å². The van der Waals surface area contributed by atoms with E-state index in [2.05, 4.69) is 32.6 Å². The van der Waals surface area contributed by atoms with Crippen molar-refractivity contribution in [2.75, 3.05) is 0 Å². The smallest absolute Gasteiger partial charge is 0.408 e. The molecule has 0 aliphatic heterocycles. The monoisotopic (exact) mass is 545 g/mol. The molecule has 0 unspecified atom stereocenters. The van der Waals surface area contributed by atoms with Gasteiger partial charge in [-0.25, -0.2) is 9.59 Å². The Balaban J connectivity index is 0.000000351. The molecule has 2 N–H and O–H groups in total. The van der Waals surface area contributed by atoms with Gasteiger partial charge in [0, 0.05) is 4.47 Å². The molecule has 0 aliphatic carbocycles. The average Bonchev–Trinajstić information content (AvgIpc) is 2.71. The highest BCUT2D eigenvalue weighted by Crippen LogP contribution is 2.17. The Kier molecular flexibility index (Phi) is 11.3. The minimum Gasteiger partial charge on any atom is -0.444 e. The summed E-state index contributed by atoms with van der Waals surface area (Å²) in [6.45, 7) is 14.8. The number of alkyl carbamates (subject to hydrolysis) is 2. The van der Waals surface area contributed by atoms with Gasteiger partial charge >= 0.3 is 12.2 Å². The summed E-state index contributed by atoms with van der Waals surface area (Å²) in [5.74, 6) is 0. The number of amides is 2. The van der Waals surface area contributed by atoms with E-state index in [1.165, 1.54) is 0 Å². The van der Waals surface area contributed by atoms with E-state index in [1.54, 1.807) is 12.1 Å². The maximum atomic E-state index is 11.6. The van der Waals surface area contributed by atoms with Crippen LogP contribution in [0.1, 0.15) is 84.2 Å². The van der Waals surface area contributed by atoms with E-state index in [-0.39, 0.29) is 12.1 Å². The molecule has 0 saturated heterocycles. The maximum absolute atomic E-state index is 11.6. The third-order valence-corrected chi connectivity index (χ3v) is 4.90. The summed E-state index contributed by atoms with van der Waals surface area (Å²) in [7, 11) is 0. The fourth-order valence-corrected chi connectivity index (χ4v) is 3.00. The molecular weight excluding hydrogens is 510 g/mol. The molecule has 2 aromatic rings. The molecule has 0 saturated carbocycles. The van der Waals surface area contributed by atoms with Crippen LogP contribution in [0.15, 0.2) is 53.0 Å². The molecule has 190 valence electrons. The molecule has 0 spiro atoms. The van der Waals surface area contributed by atoms with Crippen LogP contribution >= 0.6 is 15.9 Å². The summed E-state index contributed by atoms with van der Waals surface area (Å²) in [5, 5.41) is 14.2. The Labute approximate surface area is 217 Å². The topological polar surface area (TPSA) is 100 Å². The number of ether oxygens (including phenoxy) is 2. The summed E-state index contributed by atoms with van der Waals surface area (Å²) in [4.78, 5) is 23.1. The Hall–Kier alpha value is -3.05. The van der Waals surface area contributed by atoms with Gasteiger partial charge in [0.2, 0.25) is 0 Å². The van der Waals surface area contributed by atoms with Crippen molar-refractivity contribution in [1.29, 1.82) is 5.26 Å². The lowest BCUT2D eigenvalue weighted by molar-refractivity contribution is 0.0496. The van der Waals surface area contributed by atoms with Crippen LogP contribution in [0.4, 0.5) is 9.59 Å². The molecule has 8 heteroatoms. The van der Waals surface area contributed by atoms with Crippen molar-refractivity contribution < 1.29 is 19.1 Å². The zero-order chi connectivity index (χ0) is 26.8. The summed E-state index contributed by atoms with van der Waals surface area (Å²) in [5.41, 5.74) is 1.60. The summed E-state index contributed by atoms with van der Waals surface area (Å²) < 4.78 is 11.4. The number of nitrogens with zero attached hydrogens (tertiary/aromatic N) is 1. The van der Waals surface area contributed by atoms with Crippen LogP contribution in [0.3, 0.4) is 0 Å². The van der Waals surface area contributed by atoms with Gasteiger partial charge in [0.25, 0.3) is 0 Å². The van der Waals surface area contributed by atoms with Gasteiger partial charge in [-0.2, -0.15) is 5.26 Å². The first kappa shape index (κ1) is 30.0. The van der Waals surface area contributed by atoms with Crippen molar-refractivity contribution in [3.8, 4) is 6.07 Å². The van der Waals surface area contributed by atoms with E-state index in [4.69, 9.17) is 14.7 Å². The number of rotatable bonds is 4. The van der Waals surface area contributed by atoms with Gasteiger partial charge in [-0.15, -0.1) is 0 Å². The van der Waals surface area contributed by atoms with E-state index in [9.17, 15) is 9.59 Å². The zero-order valence-corrected chi connectivity index (χ0v) is 23.3. The highest BCUT2D eigenvalue weighted by Gasteiger charge is 2.19. The Morgan fingerprint density at radius 2 is 1.11 bits per heavy atom. The highest BCUT2D eigenvalue weighted by atomic mass is 79.9. The second-order valence-electron chi connectivity index (χ2n) is 10.0. The number of carbonyl (C=O) groups is 2. The number of halogens is 1. The molecule has 2 aromatic carbocycles. The average molecular weight is 547 g/mol. The predicted octanol–water partition coefficient (Wildman–Crippen LogP) is 7.18. The fourth-order valence-electron chi connectivity index (χ4n) is 2.73. The number of hydrogen-bond donors (Lipinski definition) is 2. The number of hydrogen-bond acceptors (Lipinski definition) is 5. The van der Waals surface area contributed by atoms with Crippen molar-refractivity contribution in [2.24, 2.45) is 0 Å². The number of carbonyl (C=O) groups excluding carboxylic acids is 2. The third kappa shape index (κ3) is 12.8. The van der Waals surface area contributed by atoms with Crippen LogP contribution < -0.4 is 10.6 Å². The zero-order valence-electron chi connectivity index (χ0n) is 21.7. The van der Waals surface area contributed by atoms with Gasteiger partial charge in [0.15, 0.2) is 0 Å². The molecular formula is C27H36BrN3O4. The molecule has 2 atom stereocenters. The van der Waals surface area contributed by atoms with Crippen molar-refractivity contribution in [1.82, 2.24) is 10.6 Å². The third-order valence-electron chi connectivity index (χ3n) is 4.38. The maximum Gasteiger partial charge on any atom is 0.408 e. The normalized spacial score (nSPS) is 12.7. The van der Waals surface area contributed by atoms with E-state index >= 15 is 0 Å². The second kappa shape index (κ2) is 13.1. The van der Waals surface area contributed by atoms with E-state index in [0.29, 0.717) is 5.56 Å². The van der Waals surface area contributed by atoms with Crippen LogP contribution in [-0.2, 0) is 9.47 Å². The predicted molar refractivity (Wildman–Crippen MR) is 141 cm³/mol. The van der Waals surface area contributed by atoms with Gasteiger partial charge < -0.3 is 20.1 Å². The Bertz CT molecular complexity index is 1000. The van der Waals surface area contributed by atoms with E-state index in [0.717, 1.165) is 15.6 Å². The van der Waals surface area contributed by atoms with Gasteiger partial charge in [-0.05, 0) is 90.8 Å². The fraction of sp³-hybridized carbons (Fsp3) is 0.444. The van der Waals surface area contributed by atoms with Gasteiger partial charge in [0.1, 0.15) is 11.2 Å². The van der Waals surface area contributed by atoms with Gasteiger partial charge in [0.05, 0.1) is 23.7 Å². The van der Waals surface area contributed by atoms with Gasteiger partial charge in [-0.1, -0.05) is 40.2 Å². The minimum absolute atomic E-state index is 0.0713. The van der Waals surface area contributed by atoms with Crippen molar-refractivity contribution >= 4 is 28.1 Å². The first-order valence-electron chi connectivity index (χ1n) is 11.3. The number of nitrogens with one attached hydrogen (secondary N) is 2. The van der Waals surface area contributed by atoms with Crippen LogP contribution in [0.5, 0.6) is 0 Å². The molecule has 0 heterocycles. The molecule has 2 amide bonds. The van der Waals surface area contributed by atoms with Crippen molar-refractivity contribution in [3.63, 3.8) is 0 Å². The molecule has 35 heavy (non-hydrogen) atoms. The number of benzene rings is 2. The molecule has 2 rings (SSSR count). The first-order chi connectivity index (χ1) is 16.1. The lowest BCUT2D eigenvalue weighted by Crippen LogP contribution is -2.34. The van der Waals surface area contributed by atoms with Crippen LogP contribution in [0, 0.1) is 11.3 Å².